The lowest BCUT2D eigenvalue weighted by Crippen LogP contribution is -2.32. The standard InChI is InChI=1S/C14H15BrN2O3S.ClH/c15-13-6-7-14(20-13)21(18,19)17-8-11(12(16)9-17)10-4-2-1-3-5-10;/h1-7,11-12H,8-9,16H2;1H/t11-,12+;/m0./s1. The molecule has 1 aromatic heterocycles. The maximum Gasteiger partial charge on any atom is 0.276 e. The van der Waals surface area contributed by atoms with E-state index < -0.39 is 10.0 Å². The number of benzene rings is 1. The summed E-state index contributed by atoms with van der Waals surface area (Å²) in [6.45, 7) is 0.659. The Morgan fingerprint density at radius 1 is 1.14 bits per heavy atom. The van der Waals surface area contributed by atoms with Gasteiger partial charge in [-0.05, 0) is 33.6 Å². The van der Waals surface area contributed by atoms with Gasteiger partial charge in [-0.1, -0.05) is 30.3 Å². The Bertz CT molecular complexity index is 736. The molecule has 1 aliphatic rings. The normalized spacial score (nSPS) is 22.5. The van der Waals surface area contributed by atoms with Crippen LogP contribution in [0.25, 0.3) is 0 Å². The van der Waals surface area contributed by atoms with Gasteiger partial charge in [0.15, 0.2) is 4.67 Å². The van der Waals surface area contributed by atoms with Crippen LogP contribution in [0, 0.1) is 0 Å². The molecule has 2 atom stereocenters. The molecule has 1 aliphatic heterocycles. The lowest BCUT2D eigenvalue weighted by atomic mass is 9.95. The number of furan rings is 1. The van der Waals surface area contributed by atoms with Crippen molar-refractivity contribution in [2.45, 2.75) is 17.1 Å². The maximum absolute atomic E-state index is 12.5. The fraction of sp³-hybridized carbons (Fsp3) is 0.286. The zero-order chi connectivity index (χ0) is 15.0. The van der Waals surface area contributed by atoms with Crippen LogP contribution in [-0.2, 0) is 10.0 Å². The van der Waals surface area contributed by atoms with Crippen LogP contribution in [0.2, 0.25) is 0 Å². The van der Waals surface area contributed by atoms with Crippen molar-refractivity contribution in [3.05, 3.63) is 52.7 Å². The molecule has 0 spiro atoms. The Labute approximate surface area is 144 Å². The van der Waals surface area contributed by atoms with E-state index in [2.05, 4.69) is 15.9 Å². The fourth-order valence-corrected chi connectivity index (χ4v) is 4.43. The average Bonchev–Trinajstić information content (AvgIpc) is 3.07. The third kappa shape index (κ3) is 3.23. The Morgan fingerprint density at radius 3 is 2.41 bits per heavy atom. The minimum Gasteiger partial charge on any atom is -0.437 e. The molecule has 0 bridgehead atoms. The molecule has 1 saturated heterocycles. The van der Waals surface area contributed by atoms with E-state index in [1.807, 2.05) is 30.3 Å². The van der Waals surface area contributed by atoms with Gasteiger partial charge in [0.05, 0.1) is 0 Å². The molecule has 1 aromatic carbocycles. The molecule has 2 aromatic rings. The van der Waals surface area contributed by atoms with Crippen molar-refractivity contribution in [3.8, 4) is 0 Å². The van der Waals surface area contributed by atoms with E-state index in [-0.39, 0.29) is 29.5 Å². The first-order valence-corrected chi connectivity index (χ1v) is 8.78. The summed E-state index contributed by atoms with van der Waals surface area (Å²) < 4.78 is 32.0. The summed E-state index contributed by atoms with van der Waals surface area (Å²) in [5.74, 6) is -0.000576. The number of sulfonamides is 1. The highest BCUT2D eigenvalue weighted by Crippen LogP contribution is 2.31. The average molecular weight is 408 g/mol. The molecular weight excluding hydrogens is 392 g/mol. The molecule has 0 amide bonds. The minimum atomic E-state index is -3.64. The van der Waals surface area contributed by atoms with E-state index >= 15 is 0 Å². The zero-order valence-corrected chi connectivity index (χ0v) is 14.8. The van der Waals surface area contributed by atoms with Crippen molar-refractivity contribution in [2.75, 3.05) is 13.1 Å². The van der Waals surface area contributed by atoms with Crippen LogP contribution in [0.1, 0.15) is 11.5 Å². The first kappa shape index (κ1) is 17.5. The number of rotatable bonds is 3. The van der Waals surface area contributed by atoms with Crippen molar-refractivity contribution in [3.63, 3.8) is 0 Å². The Balaban J connectivity index is 0.00000176. The molecule has 8 heteroatoms. The summed E-state index contributed by atoms with van der Waals surface area (Å²) in [6, 6.07) is 12.5. The first-order chi connectivity index (χ1) is 9.98. The highest BCUT2D eigenvalue weighted by Gasteiger charge is 2.39. The van der Waals surface area contributed by atoms with Gasteiger partial charge in [-0.15, -0.1) is 12.4 Å². The van der Waals surface area contributed by atoms with Crippen LogP contribution >= 0.6 is 28.3 Å². The molecule has 3 rings (SSSR count). The maximum atomic E-state index is 12.5. The van der Waals surface area contributed by atoms with Crippen LogP contribution in [0.5, 0.6) is 0 Å². The molecule has 0 saturated carbocycles. The second kappa shape index (κ2) is 6.72. The minimum absolute atomic E-state index is 0. The van der Waals surface area contributed by atoms with E-state index in [1.165, 1.54) is 10.4 Å². The van der Waals surface area contributed by atoms with E-state index in [0.717, 1.165) is 5.56 Å². The third-order valence-electron chi connectivity index (χ3n) is 3.70. The lowest BCUT2D eigenvalue weighted by molar-refractivity contribution is 0.398. The summed E-state index contributed by atoms with van der Waals surface area (Å²) >= 11 is 3.12. The Morgan fingerprint density at radius 2 is 1.82 bits per heavy atom. The van der Waals surface area contributed by atoms with Crippen molar-refractivity contribution in [2.24, 2.45) is 5.73 Å². The molecular formula is C14H16BrClN2O3S. The molecule has 0 unspecified atom stereocenters. The van der Waals surface area contributed by atoms with Gasteiger partial charge in [0.1, 0.15) is 0 Å². The van der Waals surface area contributed by atoms with Gasteiger partial charge in [-0.3, -0.25) is 0 Å². The number of hydrogen-bond acceptors (Lipinski definition) is 4. The molecule has 0 aliphatic carbocycles. The number of halogens is 2. The smallest absolute Gasteiger partial charge is 0.276 e. The monoisotopic (exact) mass is 406 g/mol. The SMILES string of the molecule is Cl.N[C@@H]1CN(S(=O)(=O)c2ccc(Br)o2)C[C@H]1c1ccccc1. The van der Waals surface area contributed by atoms with E-state index in [9.17, 15) is 8.42 Å². The van der Waals surface area contributed by atoms with Crippen LogP contribution in [0.3, 0.4) is 0 Å². The third-order valence-corrected chi connectivity index (χ3v) is 5.83. The zero-order valence-electron chi connectivity index (χ0n) is 11.6. The van der Waals surface area contributed by atoms with Crippen molar-refractivity contribution < 1.29 is 12.8 Å². The van der Waals surface area contributed by atoms with Gasteiger partial charge in [-0.25, -0.2) is 8.42 Å². The molecule has 22 heavy (non-hydrogen) atoms. The number of nitrogens with two attached hydrogens (primary N) is 1. The van der Waals surface area contributed by atoms with Crippen LogP contribution in [-0.4, -0.2) is 31.9 Å². The number of nitrogens with zero attached hydrogens (tertiary/aromatic N) is 1. The highest BCUT2D eigenvalue weighted by atomic mass is 79.9. The summed E-state index contributed by atoms with van der Waals surface area (Å²) in [5.41, 5.74) is 7.19. The predicted octanol–water partition coefficient (Wildman–Crippen LogP) is 2.58. The Kier molecular flexibility index (Phi) is 5.34. The Hall–Kier alpha value is -0.860. The number of hydrogen-bond donors (Lipinski definition) is 1. The van der Waals surface area contributed by atoms with Crippen LogP contribution in [0.4, 0.5) is 0 Å². The van der Waals surface area contributed by atoms with Crippen molar-refractivity contribution >= 4 is 38.4 Å². The van der Waals surface area contributed by atoms with E-state index in [4.69, 9.17) is 10.2 Å². The summed E-state index contributed by atoms with van der Waals surface area (Å²) in [5, 5.41) is -0.0599. The van der Waals surface area contributed by atoms with Gasteiger partial charge in [0.25, 0.3) is 10.0 Å². The highest BCUT2D eigenvalue weighted by molar-refractivity contribution is 9.10. The van der Waals surface area contributed by atoms with Crippen molar-refractivity contribution in [1.82, 2.24) is 4.31 Å². The van der Waals surface area contributed by atoms with Gasteiger partial charge in [-0.2, -0.15) is 4.31 Å². The first-order valence-electron chi connectivity index (χ1n) is 6.54. The quantitative estimate of drug-likeness (QED) is 0.848. The van der Waals surface area contributed by atoms with Gasteiger partial charge in [0, 0.05) is 25.0 Å². The molecule has 2 N–H and O–H groups in total. The molecule has 120 valence electrons. The summed E-state index contributed by atoms with van der Waals surface area (Å²) in [4.78, 5) is 0. The lowest BCUT2D eigenvalue weighted by Gasteiger charge is -2.15. The van der Waals surface area contributed by atoms with Gasteiger partial charge in [0.2, 0.25) is 5.09 Å². The summed E-state index contributed by atoms with van der Waals surface area (Å²) in [7, 11) is -3.64. The fourth-order valence-electron chi connectivity index (χ4n) is 2.60. The molecule has 0 radical (unpaired) electrons. The molecule has 2 heterocycles. The van der Waals surface area contributed by atoms with Crippen LogP contribution < -0.4 is 5.73 Å². The topological polar surface area (TPSA) is 76.5 Å². The second-order valence-corrected chi connectivity index (χ2v) is 7.71. The van der Waals surface area contributed by atoms with E-state index in [1.54, 1.807) is 6.07 Å². The van der Waals surface area contributed by atoms with Crippen LogP contribution in [0.15, 0.2) is 56.6 Å². The summed E-state index contributed by atoms with van der Waals surface area (Å²) in [6.07, 6.45) is 0. The predicted molar refractivity (Wildman–Crippen MR) is 89.6 cm³/mol. The van der Waals surface area contributed by atoms with E-state index in [0.29, 0.717) is 17.8 Å². The second-order valence-electron chi connectivity index (χ2n) is 5.06. The molecule has 1 fully saturated rings. The van der Waals surface area contributed by atoms with Gasteiger partial charge < -0.3 is 10.2 Å². The van der Waals surface area contributed by atoms with Gasteiger partial charge >= 0.3 is 0 Å². The largest absolute Gasteiger partial charge is 0.437 e. The van der Waals surface area contributed by atoms with Crippen molar-refractivity contribution in [1.29, 1.82) is 0 Å². The molecule has 5 nitrogen and oxygen atoms in total.